The summed E-state index contributed by atoms with van der Waals surface area (Å²) in [5, 5.41) is 5.45. The van der Waals surface area contributed by atoms with Crippen LogP contribution in [-0.4, -0.2) is 59.2 Å². The van der Waals surface area contributed by atoms with Gasteiger partial charge in [0.05, 0.1) is 30.6 Å². The summed E-state index contributed by atoms with van der Waals surface area (Å²) < 4.78 is 7.33. The molecule has 1 fully saturated rings. The van der Waals surface area contributed by atoms with Crippen LogP contribution in [0.4, 0.5) is 5.95 Å². The number of hydrogen-bond donors (Lipinski definition) is 1. The first-order valence-corrected chi connectivity index (χ1v) is 14.7. The van der Waals surface area contributed by atoms with E-state index in [0.717, 1.165) is 40.7 Å². The van der Waals surface area contributed by atoms with Gasteiger partial charge in [0.1, 0.15) is 23.7 Å². The van der Waals surface area contributed by atoms with E-state index >= 15 is 0 Å². The van der Waals surface area contributed by atoms with E-state index in [-0.39, 0.29) is 0 Å². The van der Waals surface area contributed by atoms with E-state index in [0.29, 0.717) is 53.3 Å². The van der Waals surface area contributed by atoms with Gasteiger partial charge in [-0.1, -0.05) is 36.1 Å². The van der Waals surface area contributed by atoms with Crippen LogP contribution in [0.3, 0.4) is 0 Å². The minimum Gasteiger partial charge on any atom is -0.480 e. The number of fused-ring (bicyclic) bond motifs is 1. The predicted molar refractivity (Wildman–Crippen MR) is 171 cm³/mol. The molecule has 7 rings (SSSR count). The van der Waals surface area contributed by atoms with Crippen LogP contribution in [0.1, 0.15) is 45.9 Å². The van der Waals surface area contributed by atoms with Crippen molar-refractivity contribution in [3.63, 3.8) is 0 Å². The standard InChI is InChI=1S/C34H28N10O2/c1-46-33-28(30(24-9-10-24)37-20-39-33)32-38-21-40-34(41-32)43(17-3-4-22-13-15-36-16-14-22)18-23-7-11-26(12-8-23)44-19-25-5-2-6-27(31(35)45)29(25)42-44/h2,5-8,11-16,19-21,24H,9-10,17-18H2,1H3,(H2,35,45). The van der Waals surface area contributed by atoms with Crippen molar-refractivity contribution in [3.8, 4) is 34.8 Å². The number of primary amides is 1. The van der Waals surface area contributed by atoms with Crippen molar-refractivity contribution in [1.29, 1.82) is 0 Å². The van der Waals surface area contributed by atoms with Crippen LogP contribution in [0.2, 0.25) is 0 Å². The number of nitrogens with zero attached hydrogens (tertiary/aromatic N) is 9. The van der Waals surface area contributed by atoms with Crippen molar-refractivity contribution in [2.75, 3.05) is 18.6 Å². The molecule has 0 spiro atoms. The molecule has 6 aromatic rings. The first-order chi connectivity index (χ1) is 22.6. The number of amides is 1. The predicted octanol–water partition coefficient (Wildman–Crippen LogP) is 4.11. The SMILES string of the molecule is COc1ncnc(C2CC2)c1-c1ncnc(N(CC#Cc2ccncc2)Cc2ccc(-n3cc4cccc(C(N)=O)c4n3)cc2)n1. The van der Waals surface area contributed by atoms with E-state index < -0.39 is 5.91 Å². The molecule has 0 atom stereocenters. The molecule has 2 aromatic carbocycles. The Morgan fingerprint density at radius 2 is 1.83 bits per heavy atom. The third-order valence-electron chi connectivity index (χ3n) is 7.62. The monoisotopic (exact) mass is 608 g/mol. The number of rotatable bonds is 9. The van der Waals surface area contributed by atoms with Gasteiger partial charge in [-0.2, -0.15) is 10.1 Å². The van der Waals surface area contributed by atoms with Gasteiger partial charge in [0.25, 0.3) is 5.91 Å². The largest absolute Gasteiger partial charge is 0.480 e. The van der Waals surface area contributed by atoms with Crippen LogP contribution >= 0.6 is 0 Å². The van der Waals surface area contributed by atoms with Crippen molar-refractivity contribution < 1.29 is 9.53 Å². The van der Waals surface area contributed by atoms with E-state index in [1.807, 2.05) is 53.6 Å². The van der Waals surface area contributed by atoms with Crippen molar-refractivity contribution in [2.45, 2.75) is 25.3 Å². The molecule has 12 nitrogen and oxygen atoms in total. The second kappa shape index (κ2) is 12.4. The molecule has 0 unspecified atom stereocenters. The maximum atomic E-state index is 11.9. The summed E-state index contributed by atoms with van der Waals surface area (Å²) in [6.45, 7) is 0.825. The molecule has 12 heteroatoms. The molecule has 4 heterocycles. The van der Waals surface area contributed by atoms with Crippen molar-refractivity contribution in [3.05, 3.63) is 108 Å². The molecule has 1 aliphatic carbocycles. The summed E-state index contributed by atoms with van der Waals surface area (Å²) in [6, 6.07) is 17.1. The fourth-order valence-electron chi connectivity index (χ4n) is 5.19. The van der Waals surface area contributed by atoms with Crippen molar-refractivity contribution in [2.24, 2.45) is 5.73 Å². The van der Waals surface area contributed by atoms with Gasteiger partial charge >= 0.3 is 0 Å². The average molecular weight is 609 g/mol. The number of carbonyl (C=O) groups is 1. The minimum atomic E-state index is -0.512. The summed E-state index contributed by atoms with van der Waals surface area (Å²) in [4.78, 5) is 40.7. The fraction of sp³-hybridized carbons (Fsp3) is 0.176. The molecule has 1 amide bonds. The summed E-state index contributed by atoms with van der Waals surface area (Å²) in [7, 11) is 1.58. The highest BCUT2D eigenvalue weighted by Crippen LogP contribution is 2.44. The van der Waals surface area contributed by atoms with Gasteiger partial charge in [-0.25, -0.2) is 24.6 Å². The Morgan fingerprint density at radius 3 is 2.59 bits per heavy atom. The van der Waals surface area contributed by atoms with Gasteiger partial charge in [-0.05, 0) is 48.7 Å². The second-order valence-electron chi connectivity index (χ2n) is 10.8. The zero-order valence-corrected chi connectivity index (χ0v) is 24.9. The van der Waals surface area contributed by atoms with Gasteiger partial charge in [0.2, 0.25) is 11.8 Å². The fourth-order valence-corrected chi connectivity index (χ4v) is 5.19. The lowest BCUT2D eigenvalue weighted by atomic mass is 10.1. The third kappa shape index (κ3) is 5.94. The Bertz CT molecular complexity index is 2100. The van der Waals surface area contributed by atoms with Crippen molar-refractivity contribution >= 4 is 22.8 Å². The minimum absolute atomic E-state index is 0.336. The van der Waals surface area contributed by atoms with E-state index in [1.165, 1.54) is 12.7 Å². The molecule has 0 radical (unpaired) electrons. The van der Waals surface area contributed by atoms with Crippen LogP contribution in [0.15, 0.2) is 85.8 Å². The lowest BCUT2D eigenvalue weighted by Gasteiger charge is -2.21. The molecule has 226 valence electrons. The maximum absolute atomic E-state index is 11.9. The van der Waals surface area contributed by atoms with Crippen LogP contribution < -0.4 is 15.4 Å². The number of anilines is 1. The molecule has 1 saturated carbocycles. The number of carbonyl (C=O) groups excluding carboxylic acids is 1. The van der Waals surface area contributed by atoms with Crippen LogP contribution in [-0.2, 0) is 6.54 Å². The number of aromatic nitrogens is 8. The highest BCUT2D eigenvalue weighted by Gasteiger charge is 2.31. The Kier molecular flexibility index (Phi) is 7.70. The Labute approximate surface area is 264 Å². The molecular formula is C34H28N10O2. The van der Waals surface area contributed by atoms with Crippen molar-refractivity contribution in [1.82, 2.24) is 39.7 Å². The lowest BCUT2D eigenvalue weighted by molar-refractivity contribution is 0.100. The molecule has 1 aliphatic rings. The van der Waals surface area contributed by atoms with Gasteiger partial charge in [-0.15, -0.1) is 0 Å². The molecule has 0 aliphatic heterocycles. The summed E-state index contributed by atoms with van der Waals surface area (Å²) in [6.07, 6.45) is 10.4. The molecule has 46 heavy (non-hydrogen) atoms. The second-order valence-corrected chi connectivity index (χ2v) is 10.8. The number of ether oxygens (including phenoxy) is 1. The lowest BCUT2D eigenvalue weighted by Crippen LogP contribution is -2.25. The van der Waals surface area contributed by atoms with E-state index in [2.05, 4.69) is 41.9 Å². The van der Waals surface area contributed by atoms with E-state index in [1.54, 1.807) is 36.3 Å². The summed E-state index contributed by atoms with van der Waals surface area (Å²) in [5.74, 6) is 7.62. The topological polar surface area (TPSA) is 151 Å². The first kappa shape index (κ1) is 28.5. The molecule has 0 saturated heterocycles. The van der Waals surface area contributed by atoms with E-state index in [9.17, 15) is 4.79 Å². The highest BCUT2D eigenvalue weighted by atomic mass is 16.5. The molecule has 0 bridgehead atoms. The van der Waals surface area contributed by atoms with Gasteiger partial charge in [0.15, 0.2) is 5.82 Å². The molecule has 4 aromatic heterocycles. The first-order valence-electron chi connectivity index (χ1n) is 14.7. The molecular weight excluding hydrogens is 580 g/mol. The third-order valence-corrected chi connectivity index (χ3v) is 7.62. The number of hydrogen-bond acceptors (Lipinski definition) is 10. The zero-order valence-electron chi connectivity index (χ0n) is 24.9. The Morgan fingerprint density at radius 1 is 1.02 bits per heavy atom. The number of nitrogens with two attached hydrogens (primary N) is 1. The highest BCUT2D eigenvalue weighted by molar-refractivity contribution is 6.04. The van der Waals surface area contributed by atoms with Crippen LogP contribution in [0.25, 0.3) is 28.0 Å². The average Bonchev–Trinajstić information content (AvgIpc) is 3.85. The van der Waals surface area contributed by atoms with Gasteiger partial charge in [-0.3, -0.25) is 9.78 Å². The Balaban J connectivity index is 1.20. The zero-order chi connectivity index (χ0) is 31.5. The van der Waals surface area contributed by atoms with Crippen LogP contribution in [0.5, 0.6) is 5.88 Å². The maximum Gasteiger partial charge on any atom is 0.250 e. The smallest absolute Gasteiger partial charge is 0.250 e. The van der Waals surface area contributed by atoms with Crippen LogP contribution in [0, 0.1) is 11.8 Å². The normalized spacial score (nSPS) is 12.4. The Hall–Kier alpha value is -6.22. The summed E-state index contributed by atoms with van der Waals surface area (Å²) in [5.41, 5.74) is 10.8. The number of pyridine rings is 1. The summed E-state index contributed by atoms with van der Waals surface area (Å²) >= 11 is 0. The number of methoxy groups -OCH3 is 1. The van der Waals surface area contributed by atoms with Gasteiger partial charge < -0.3 is 15.4 Å². The van der Waals surface area contributed by atoms with Gasteiger partial charge in [0, 0.05) is 42.0 Å². The number of benzene rings is 2. The quantitative estimate of drug-likeness (QED) is 0.238. The van der Waals surface area contributed by atoms with E-state index in [4.69, 9.17) is 15.5 Å². The molecule has 2 N–H and O–H groups in total.